The number of nitrogens with zero attached hydrogens (tertiary/aromatic N) is 5. The molecule has 1 saturated heterocycles. The van der Waals surface area contributed by atoms with Gasteiger partial charge in [0.15, 0.2) is 0 Å². The van der Waals surface area contributed by atoms with E-state index < -0.39 is 44.4 Å². The van der Waals surface area contributed by atoms with Crippen molar-refractivity contribution in [3.05, 3.63) is 160 Å². The van der Waals surface area contributed by atoms with Crippen LogP contribution in [-0.2, 0) is 36.3 Å². The zero-order valence-electron chi connectivity index (χ0n) is 29.0. The van der Waals surface area contributed by atoms with Gasteiger partial charge >= 0.3 is 5.97 Å². The van der Waals surface area contributed by atoms with E-state index in [0.717, 1.165) is 45.3 Å². The van der Waals surface area contributed by atoms with Gasteiger partial charge in [-0.05, 0) is 34.7 Å². The van der Waals surface area contributed by atoms with Crippen molar-refractivity contribution in [3.8, 4) is 0 Å². The van der Waals surface area contributed by atoms with Crippen LogP contribution in [0.1, 0.15) is 36.2 Å². The number of esters is 1. The second-order valence-electron chi connectivity index (χ2n) is 12.9. The number of benzene rings is 4. The molecule has 12 nitrogen and oxygen atoms in total. The Morgan fingerprint density at radius 3 is 1.87 bits per heavy atom. The van der Waals surface area contributed by atoms with Gasteiger partial charge in [-0.15, -0.1) is 0 Å². The average molecular weight is 722 g/mol. The van der Waals surface area contributed by atoms with Gasteiger partial charge in [-0.3, -0.25) is 14.9 Å². The lowest BCUT2D eigenvalue weighted by Crippen LogP contribution is -2.63. The molecule has 0 bridgehead atoms. The summed E-state index contributed by atoms with van der Waals surface area (Å²) in [5, 5.41) is 11.3. The number of nitro benzene ring substituents is 1. The molecule has 13 heteroatoms. The molecule has 1 aromatic heterocycles. The summed E-state index contributed by atoms with van der Waals surface area (Å²) in [5.41, 5.74) is 2.15. The molecule has 0 aliphatic carbocycles. The Morgan fingerprint density at radius 1 is 0.885 bits per heavy atom. The number of carbonyl (C=O) groups is 2. The Morgan fingerprint density at radius 2 is 1.40 bits per heavy atom. The fourth-order valence-corrected chi connectivity index (χ4v) is 8.70. The van der Waals surface area contributed by atoms with Crippen LogP contribution in [0.5, 0.6) is 0 Å². The molecule has 52 heavy (non-hydrogen) atoms. The molecular formula is C39H39N5O7S. The van der Waals surface area contributed by atoms with E-state index in [1.54, 1.807) is 20.2 Å². The number of hydrogen-bond donors (Lipinski definition) is 0. The smallest absolute Gasteiger partial charge is 0.328 e. The minimum Gasteiger partial charge on any atom is -0.467 e. The first kappa shape index (κ1) is 36.1. The van der Waals surface area contributed by atoms with Crippen LogP contribution in [0.4, 0.5) is 5.69 Å². The molecule has 0 N–H and O–H groups in total. The van der Waals surface area contributed by atoms with Gasteiger partial charge in [-0.2, -0.15) is 4.31 Å². The first-order valence-corrected chi connectivity index (χ1v) is 18.3. The number of methoxy groups -OCH3 is 1. The number of hydrogen-bond acceptors (Lipinski definition) is 8. The van der Waals surface area contributed by atoms with E-state index in [-0.39, 0.29) is 36.0 Å². The Bertz CT molecular complexity index is 2040. The highest BCUT2D eigenvalue weighted by Gasteiger charge is 2.47. The van der Waals surface area contributed by atoms with Crippen molar-refractivity contribution in [1.29, 1.82) is 0 Å². The van der Waals surface area contributed by atoms with Crippen molar-refractivity contribution in [2.24, 2.45) is 5.92 Å². The normalized spacial score (nSPS) is 16.1. The SMILES string of the molecule is COC(=O)[C@H](C(C)C)N1CCN(S(=O)(=O)c2ccc([N+](=O)[O-])cc2)[C@@H](Cc2cn(C(c3ccccc3)(c3ccccc3)c3ccccc3)cn2)C1=O. The first-order valence-electron chi connectivity index (χ1n) is 16.8. The maximum atomic E-state index is 14.5. The Hall–Kier alpha value is -5.66. The minimum atomic E-state index is -4.34. The molecule has 1 aliphatic rings. The summed E-state index contributed by atoms with van der Waals surface area (Å²) >= 11 is 0. The fourth-order valence-electron chi connectivity index (χ4n) is 7.13. The molecule has 6 rings (SSSR count). The predicted octanol–water partition coefficient (Wildman–Crippen LogP) is 5.27. The molecule has 1 aliphatic heterocycles. The Labute approximate surface area is 302 Å². The zero-order valence-corrected chi connectivity index (χ0v) is 29.8. The van der Waals surface area contributed by atoms with Crippen molar-refractivity contribution >= 4 is 27.6 Å². The summed E-state index contributed by atoms with van der Waals surface area (Å²) in [6.45, 7) is 3.40. The van der Waals surface area contributed by atoms with Crippen molar-refractivity contribution < 1.29 is 27.7 Å². The van der Waals surface area contributed by atoms with Gasteiger partial charge in [0.2, 0.25) is 15.9 Å². The highest BCUT2D eigenvalue weighted by molar-refractivity contribution is 7.89. The second kappa shape index (κ2) is 14.9. The summed E-state index contributed by atoms with van der Waals surface area (Å²) in [6.07, 6.45) is 3.40. The minimum absolute atomic E-state index is 0.0624. The number of piperazine rings is 1. The number of ether oxygens (including phenoxy) is 1. The summed E-state index contributed by atoms with van der Waals surface area (Å²) < 4.78 is 36.6. The van der Waals surface area contributed by atoms with Crippen LogP contribution in [-0.4, -0.2) is 76.3 Å². The Balaban J connectivity index is 1.47. The summed E-state index contributed by atoms with van der Waals surface area (Å²) in [5.74, 6) is -1.50. The van der Waals surface area contributed by atoms with Gasteiger partial charge in [-0.25, -0.2) is 18.2 Å². The maximum absolute atomic E-state index is 14.5. The summed E-state index contributed by atoms with van der Waals surface area (Å²) in [4.78, 5) is 44.1. The van der Waals surface area contributed by atoms with E-state index >= 15 is 0 Å². The van der Waals surface area contributed by atoms with E-state index in [2.05, 4.69) is 0 Å². The molecule has 0 radical (unpaired) electrons. The lowest BCUT2D eigenvalue weighted by atomic mass is 9.77. The molecule has 0 spiro atoms. The maximum Gasteiger partial charge on any atom is 0.328 e. The number of aromatic nitrogens is 2. The van der Waals surface area contributed by atoms with Crippen LogP contribution >= 0.6 is 0 Å². The number of nitro groups is 1. The zero-order chi connectivity index (χ0) is 37.0. The van der Waals surface area contributed by atoms with E-state index in [4.69, 9.17) is 9.72 Å². The second-order valence-corrected chi connectivity index (χ2v) is 14.8. The van der Waals surface area contributed by atoms with Crippen molar-refractivity contribution in [2.45, 2.75) is 42.8 Å². The molecule has 4 aromatic carbocycles. The lowest BCUT2D eigenvalue weighted by Gasteiger charge is -2.43. The molecule has 2 heterocycles. The number of rotatable bonds is 12. The van der Waals surface area contributed by atoms with Crippen molar-refractivity contribution in [3.63, 3.8) is 0 Å². The molecule has 268 valence electrons. The average Bonchev–Trinajstić information content (AvgIpc) is 3.63. The topological polar surface area (TPSA) is 145 Å². The Kier molecular flexibility index (Phi) is 10.4. The van der Waals surface area contributed by atoms with Crippen LogP contribution in [0.25, 0.3) is 0 Å². The van der Waals surface area contributed by atoms with Crippen LogP contribution in [0, 0.1) is 16.0 Å². The lowest BCUT2D eigenvalue weighted by molar-refractivity contribution is -0.384. The van der Waals surface area contributed by atoms with Gasteiger partial charge < -0.3 is 14.2 Å². The van der Waals surface area contributed by atoms with Gasteiger partial charge in [0.1, 0.15) is 17.6 Å². The molecule has 2 atom stereocenters. The van der Waals surface area contributed by atoms with E-state index in [9.17, 15) is 28.1 Å². The van der Waals surface area contributed by atoms with Crippen LogP contribution in [0.2, 0.25) is 0 Å². The highest BCUT2D eigenvalue weighted by Crippen LogP contribution is 2.41. The first-order chi connectivity index (χ1) is 25.0. The molecule has 1 amide bonds. The van der Waals surface area contributed by atoms with E-state index in [1.165, 1.54) is 12.0 Å². The van der Waals surface area contributed by atoms with Gasteiger partial charge in [-0.1, -0.05) is 105 Å². The van der Waals surface area contributed by atoms with E-state index in [1.807, 2.05) is 102 Å². The summed E-state index contributed by atoms with van der Waals surface area (Å²) in [6, 6.07) is 32.2. The predicted molar refractivity (Wildman–Crippen MR) is 194 cm³/mol. The van der Waals surface area contributed by atoms with Crippen LogP contribution in [0.3, 0.4) is 0 Å². The van der Waals surface area contributed by atoms with Gasteiger partial charge in [0, 0.05) is 37.8 Å². The number of imidazole rings is 1. The van der Waals surface area contributed by atoms with Crippen LogP contribution < -0.4 is 0 Å². The molecule has 5 aromatic rings. The summed E-state index contributed by atoms with van der Waals surface area (Å²) in [7, 11) is -3.09. The number of non-ortho nitro benzene ring substituents is 1. The van der Waals surface area contributed by atoms with Crippen molar-refractivity contribution in [1.82, 2.24) is 18.8 Å². The third-order valence-electron chi connectivity index (χ3n) is 9.54. The third kappa shape index (κ3) is 6.60. The van der Waals surface area contributed by atoms with E-state index in [0.29, 0.717) is 5.69 Å². The largest absolute Gasteiger partial charge is 0.467 e. The highest BCUT2D eigenvalue weighted by atomic mass is 32.2. The number of carbonyl (C=O) groups excluding carboxylic acids is 2. The van der Waals surface area contributed by atoms with Crippen LogP contribution in [0.15, 0.2) is 133 Å². The molecular weight excluding hydrogens is 683 g/mol. The molecule has 0 unspecified atom stereocenters. The quantitative estimate of drug-likeness (QED) is 0.0734. The third-order valence-corrected chi connectivity index (χ3v) is 11.5. The van der Waals surface area contributed by atoms with Gasteiger partial charge in [0.25, 0.3) is 5.69 Å². The molecule has 0 saturated carbocycles. The monoisotopic (exact) mass is 721 g/mol. The molecule has 1 fully saturated rings. The van der Waals surface area contributed by atoms with Gasteiger partial charge in [0.05, 0.1) is 28.9 Å². The number of amides is 1. The van der Waals surface area contributed by atoms with Crippen molar-refractivity contribution in [2.75, 3.05) is 20.2 Å². The number of sulfonamides is 1. The fraction of sp³-hybridized carbons (Fsp3) is 0.256. The standard InChI is InChI=1S/C39H39N5O7S/c1-28(2)36(38(46)51-3)42-23-24-43(52(49,50)34-21-19-33(20-22-34)44(47)48)35(37(42)45)25-32-26-41(27-40-32)39(29-13-7-4-8-14-29,30-15-9-5-10-16-30)31-17-11-6-12-18-31/h4-22,26-28,35-36H,23-25H2,1-3H3/t35-,36-/m0/s1.